The molecule has 0 saturated heterocycles. The molecular weight excluding hydrogens is 380 g/mol. The summed E-state index contributed by atoms with van der Waals surface area (Å²) in [6, 6.07) is 7.02. The molecule has 0 fully saturated rings. The number of aryl methyl sites for hydroxylation is 2. The van der Waals surface area contributed by atoms with Crippen LogP contribution in [-0.4, -0.2) is 37.7 Å². The van der Waals surface area contributed by atoms with Crippen molar-refractivity contribution in [2.75, 3.05) is 13.7 Å². The molecule has 0 bridgehead atoms. The van der Waals surface area contributed by atoms with Gasteiger partial charge in [0.1, 0.15) is 10.6 Å². The molecule has 1 aliphatic carbocycles. The predicted molar refractivity (Wildman–Crippen MR) is 106 cm³/mol. The van der Waals surface area contributed by atoms with Gasteiger partial charge in [-0.1, -0.05) is 0 Å². The van der Waals surface area contributed by atoms with Crippen molar-refractivity contribution in [2.24, 2.45) is 0 Å². The fourth-order valence-corrected chi connectivity index (χ4v) is 4.17. The Bertz CT molecular complexity index is 919. The van der Waals surface area contributed by atoms with E-state index in [9.17, 15) is 14.4 Å². The first-order valence-corrected chi connectivity index (χ1v) is 9.76. The Morgan fingerprint density at radius 3 is 2.61 bits per heavy atom. The Hall–Kier alpha value is -2.87. The highest BCUT2D eigenvalue weighted by Gasteiger charge is 2.23. The van der Waals surface area contributed by atoms with E-state index >= 15 is 0 Å². The largest absolute Gasteiger partial charge is 0.497 e. The van der Waals surface area contributed by atoms with Crippen molar-refractivity contribution in [3.8, 4) is 16.2 Å². The summed E-state index contributed by atoms with van der Waals surface area (Å²) in [5, 5.41) is 4.64. The maximum atomic E-state index is 12.3. The lowest BCUT2D eigenvalue weighted by Crippen LogP contribution is -2.44. The number of rotatable bonds is 5. The van der Waals surface area contributed by atoms with E-state index in [1.165, 1.54) is 16.9 Å². The minimum absolute atomic E-state index is 0.101. The first kappa shape index (κ1) is 19.9. The highest BCUT2D eigenvalue weighted by atomic mass is 32.1. The van der Waals surface area contributed by atoms with E-state index < -0.39 is 24.5 Å². The van der Waals surface area contributed by atoms with Crippen LogP contribution in [0.2, 0.25) is 0 Å². The average molecular weight is 402 g/mol. The summed E-state index contributed by atoms with van der Waals surface area (Å²) >= 11 is 1.35. The molecule has 1 aliphatic rings. The highest BCUT2D eigenvalue weighted by Crippen LogP contribution is 2.40. The van der Waals surface area contributed by atoms with Crippen molar-refractivity contribution in [1.29, 1.82) is 0 Å². The monoisotopic (exact) mass is 402 g/mol. The number of hydrogen-bond acceptors (Lipinski definition) is 6. The van der Waals surface area contributed by atoms with Crippen LogP contribution < -0.4 is 15.4 Å². The molecule has 148 valence electrons. The molecule has 8 heteroatoms. The van der Waals surface area contributed by atoms with Gasteiger partial charge in [-0.2, -0.15) is 0 Å². The molecule has 3 amide bonds. The molecule has 0 atom stereocenters. The van der Waals surface area contributed by atoms with E-state index in [-0.39, 0.29) is 6.04 Å². The summed E-state index contributed by atoms with van der Waals surface area (Å²) in [5.74, 6) is -0.440. The van der Waals surface area contributed by atoms with Crippen LogP contribution in [-0.2, 0) is 22.4 Å². The summed E-state index contributed by atoms with van der Waals surface area (Å²) in [5.41, 5.74) is 3.37. The number of urea groups is 1. The Labute approximate surface area is 167 Å². The Balaban J connectivity index is 1.64. The number of fused-ring (bicyclic) bond motifs is 3. The van der Waals surface area contributed by atoms with Crippen molar-refractivity contribution < 1.29 is 23.9 Å². The zero-order chi connectivity index (χ0) is 20.3. The number of benzene rings is 1. The fourth-order valence-electron chi connectivity index (χ4n) is 3.00. The summed E-state index contributed by atoms with van der Waals surface area (Å²) in [6.45, 7) is 3.04. The SMILES string of the molecule is COc1ccc2c(c1)CCc1cc(C(=O)OCC(=O)NC(=O)NC(C)C)sc1-2. The van der Waals surface area contributed by atoms with Crippen molar-refractivity contribution in [1.82, 2.24) is 10.6 Å². The smallest absolute Gasteiger partial charge is 0.348 e. The second-order valence-electron chi connectivity index (χ2n) is 6.74. The molecule has 2 aromatic rings. The van der Waals surface area contributed by atoms with Gasteiger partial charge in [-0.25, -0.2) is 9.59 Å². The normalized spacial score (nSPS) is 12.0. The van der Waals surface area contributed by atoms with E-state index in [0.29, 0.717) is 4.88 Å². The van der Waals surface area contributed by atoms with Crippen molar-refractivity contribution in [2.45, 2.75) is 32.7 Å². The number of amides is 3. The van der Waals surface area contributed by atoms with Crippen LogP contribution in [0.25, 0.3) is 10.4 Å². The lowest BCUT2D eigenvalue weighted by atomic mass is 9.91. The third kappa shape index (κ3) is 4.51. The average Bonchev–Trinajstić information content (AvgIpc) is 3.09. The Morgan fingerprint density at radius 2 is 1.89 bits per heavy atom. The van der Waals surface area contributed by atoms with Crippen molar-refractivity contribution in [3.63, 3.8) is 0 Å². The highest BCUT2D eigenvalue weighted by molar-refractivity contribution is 7.17. The van der Waals surface area contributed by atoms with Crippen LogP contribution in [0.5, 0.6) is 5.75 Å². The molecule has 0 unspecified atom stereocenters. The van der Waals surface area contributed by atoms with Crippen LogP contribution >= 0.6 is 11.3 Å². The van der Waals surface area contributed by atoms with E-state index in [2.05, 4.69) is 10.6 Å². The van der Waals surface area contributed by atoms with Gasteiger partial charge in [0.05, 0.1) is 7.11 Å². The summed E-state index contributed by atoms with van der Waals surface area (Å²) < 4.78 is 10.3. The number of carbonyl (C=O) groups is 3. The fraction of sp³-hybridized carbons (Fsp3) is 0.350. The molecule has 0 radical (unpaired) electrons. The standard InChI is InChI=1S/C20H22N2O5S/c1-11(2)21-20(25)22-17(23)10-27-19(24)16-9-13-5-4-12-8-14(26-3)6-7-15(12)18(13)28-16/h6-9,11H,4-5,10H2,1-3H3,(H2,21,22,23,25). The molecule has 0 saturated carbocycles. The maximum absolute atomic E-state index is 12.3. The second kappa shape index (κ2) is 8.43. The quantitative estimate of drug-likeness (QED) is 0.750. The molecule has 28 heavy (non-hydrogen) atoms. The minimum Gasteiger partial charge on any atom is -0.497 e. The topological polar surface area (TPSA) is 93.7 Å². The van der Waals surface area contributed by atoms with Crippen LogP contribution in [0.1, 0.15) is 34.6 Å². The van der Waals surface area contributed by atoms with Crippen LogP contribution in [0.4, 0.5) is 4.79 Å². The zero-order valence-electron chi connectivity index (χ0n) is 16.0. The van der Waals surface area contributed by atoms with Crippen LogP contribution in [0.3, 0.4) is 0 Å². The van der Waals surface area contributed by atoms with Crippen molar-refractivity contribution >= 4 is 29.2 Å². The third-order valence-corrected chi connectivity index (χ3v) is 5.43. The Morgan fingerprint density at radius 1 is 1.14 bits per heavy atom. The number of ether oxygens (including phenoxy) is 2. The van der Waals surface area contributed by atoms with Crippen LogP contribution in [0.15, 0.2) is 24.3 Å². The number of esters is 1. The van der Waals surface area contributed by atoms with E-state index in [1.54, 1.807) is 21.0 Å². The molecule has 7 nitrogen and oxygen atoms in total. The zero-order valence-corrected chi connectivity index (χ0v) is 16.8. The molecule has 1 heterocycles. The van der Waals surface area contributed by atoms with Gasteiger partial charge in [0.15, 0.2) is 6.61 Å². The third-order valence-electron chi connectivity index (χ3n) is 4.24. The molecule has 1 aromatic carbocycles. The number of nitrogens with one attached hydrogen (secondary N) is 2. The van der Waals surface area contributed by atoms with Gasteiger partial charge in [-0.15, -0.1) is 11.3 Å². The van der Waals surface area contributed by atoms with Gasteiger partial charge in [-0.05, 0) is 67.6 Å². The van der Waals surface area contributed by atoms with Gasteiger partial charge >= 0.3 is 12.0 Å². The van der Waals surface area contributed by atoms with Gasteiger partial charge in [0.2, 0.25) is 0 Å². The van der Waals surface area contributed by atoms with Gasteiger partial charge in [0.25, 0.3) is 5.91 Å². The second-order valence-corrected chi connectivity index (χ2v) is 7.79. The van der Waals surface area contributed by atoms with Gasteiger partial charge in [-0.3, -0.25) is 10.1 Å². The Kier molecular flexibility index (Phi) is 5.99. The van der Waals surface area contributed by atoms with E-state index in [0.717, 1.165) is 34.6 Å². The number of imide groups is 1. The number of carbonyl (C=O) groups excluding carboxylic acids is 3. The van der Waals surface area contributed by atoms with E-state index in [1.807, 2.05) is 24.3 Å². The molecule has 0 spiro atoms. The summed E-state index contributed by atoms with van der Waals surface area (Å²) in [7, 11) is 1.64. The molecular formula is C20H22N2O5S. The summed E-state index contributed by atoms with van der Waals surface area (Å²) in [4.78, 5) is 37.0. The lowest BCUT2D eigenvalue weighted by Gasteiger charge is -2.16. The number of methoxy groups -OCH3 is 1. The van der Waals surface area contributed by atoms with Crippen molar-refractivity contribution in [3.05, 3.63) is 40.3 Å². The molecule has 3 rings (SSSR count). The number of thiophene rings is 1. The molecule has 2 N–H and O–H groups in total. The van der Waals surface area contributed by atoms with Gasteiger partial charge in [0, 0.05) is 10.9 Å². The molecule has 1 aromatic heterocycles. The van der Waals surface area contributed by atoms with E-state index in [4.69, 9.17) is 9.47 Å². The first-order valence-electron chi connectivity index (χ1n) is 8.95. The van der Waals surface area contributed by atoms with Gasteiger partial charge < -0.3 is 14.8 Å². The predicted octanol–water partition coefficient (Wildman–Crippen LogP) is 2.91. The lowest BCUT2D eigenvalue weighted by molar-refractivity contribution is -0.123. The summed E-state index contributed by atoms with van der Waals surface area (Å²) in [6.07, 6.45) is 1.70. The minimum atomic E-state index is -0.676. The first-order chi connectivity index (χ1) is 13.4. The maximum Gasteiger partial charge on any atom is 0.348 e. The number of hydrogen-bond donors (Lipinski definition) is 2. The van der Waals surface area contributed by atoms with Crippen LogP contribution in [0, 0.1) is 0 Å². The molecule has 0 aliphatic heterocycles.